The van der Waals surface area contributed by atoms with Crippen LogP contribution in [0.25, 0.3) is 0 Å². The van der Waals surface area contributed by atoms with Gasteiger partial charge in [-0.15, -0.1) is 0 Å². The van der Waals surface area contributed by atoms with Gasteiger partial charge in [0.2, 0.25) is 10.0 Å². The summed E-state index contributed by atoms with van der Waals surface area (Å²) in [6.07, 6.45) is 0. The van der Waals surface area contributed by atoms with Gasteiger partial charge in [-0.2, -0.15) is 0 Å². The maximum absolute atomic E-state index is 11.9. The molecule has 0 spiro atoms. The predicted octanol–water partition coefficient (Wildman–Crippen LogP) is 1.32. The highest BCUT2D eigenvalue weighted by molar-refractivity contribution is 7.91. The Kier molecular flexibility index (Phi) is 4.04. The number of rotatable bonds is 4. The molecule has 0 radical (unpaired) electrons. The first-order chi connectivity index (χ1) is 9.68. The van der Waals surface area contributed by atoms with E-state index in [1.165, 1.54) is 19.1 Å². The Morgan fingerprint density at radius 3 is 2.57 bits per heavy atom. The lowest BCUT2D eigenvalue weighted by molar-refractivity contribution is -0.380. The van der Waals surface area contributed by atoms with Gasteiger partial charge in [0.1, 0.15) is 0 Å². The third-order valence-corrected chi connectivity index (χ3v) is 5.89. The molecular formula is C9H8N4O5S3. The van der Waals surface area contributed by atoms with Crippen LogP contribution in [0.4, 0.5) is 10.1 Å². The zero-order valence-electron chi connectivity index (χ0n) is 10.4. The van der Waals surface area contributed by atoms with E-state index in [0.29, 0.717) is 11.3 Å². The number of thiophene rings is 1. The first kappa shape index (κ1) is 15.5. The molecule has 0 aliphatic heterocycles. The first-order valence-corrected chi connectivity index (χ1v) is 8.42. The van der Waals surface area contributed by atoms with Crippen LogP contribution in [0.2, 0.25) is 0 Å². The average Bonchev–Trinajstić information content (AvgIpc) is 2.94. The van der Waals surface area contributed by atoms with Crippen LogP contribution in [-0.2, 0) is 10.0 Å². The van der Waals surface area contributed by atoms with Crippen molar-refractivity contribution in [2.75, 3.05) is 5.32 Å². The fourth-order valence-electron chi connectivity index (χ4n) is 1.41. The predicted molar refractivity (Wildman–Crippen MR) is 77.2 cm³/mol. The number of carbonyl (C=O) groups is 1. The summed E-state index contributed by atoms with van der Waals surface area (Å²) in [7, 11) is -3.90. The van der Waals surface area contributed by atoms with Crippen molar-refractivity contribution in [1.82, 2.24) is 4.98 Å². The molecule has 2 aromatic heterocycles. The zero-order valence-corrected chi connectivity index (χ0v) is 12.8. The van der Waals surface area contributed by atoms with Gasteiger partial charge < -0.3 is 0 Å². The standard InChI is InChI=1S/C9H8N4O5S3/c1-4-8(21(10,17)18)20-9(11-4)12-7(14)5-2-3-6(19-5)13(15)16/h2-3H,1H3,(H2,10,17,18)(H,11,12,14). The lowest BCUT2D eigenvalue weighted by Crippen LogP contribution is -2.11. The van der Waals surface area contributed by atoms with Crippen LogP contribution in [0.15, 0.2) is 16.3 Å². The lowest BCUT2D eigenvalue weighted by atomic mass is 10.4. The van der Waals surface area contributed by atoms with E-state index >= 15 is 0 Å². The van der Waals surface area contributed by atoms with Gasteiger partial charge in [-0.05, 0) is 13.0 Å². The molecule has 2 rings (SSSR count). The van der Waals surface area contributed by atoms with Gasteiger partial charge in [-0.25, -0.2) is 18.5 Å². The molecule has 12 heteroatoms. The second-order valence-corrected chi connectivity index (χ2v) is 7.60. The summed E-state index contributed by atoms with van der Waals surface area (Å²) < 4.78 is 22.4. The molecule has 0 atom stereocenters. The first-order valence-electron chi connectivity index (χ1n) is 5.24. The molecule has 9 nitrogen and oxygen atoms in total. The number of nitrogens with two attached hydrogens (primary N) is 1. The second-order valence-electron chi connectivity index (χ2n) is 3.79. The van der Waals surface area contributed by atoms with Gasteiger partial charge >= 0.3 is 5.00 Å². The summed E-state index contributed by atoms with van der Waals surface area (Å²) in [4.78, 5) is 25.8. The van der Waals surface area contributed by atoms with Crippen molar-refractivity contribution in [2.45, 2.75) is 11.1 Å². The van der Waals surface area contributed by atoms with E-state index in [0.717, 1.165) is 11.3 Å². The summed E-state index contributed by atoms with van der Waals surface area (Å²) in [6.45, 7) is 1.45. The quantitative estimate of drug-likeness (QED) is 0.629. The normalized spacial score (nSPS) is 11.3. The van der Waals surface area contributed by atoms with E-state index in [9.17, 15) is 23.3 Å². The van der Waals surface area contributed by atoms with E-state index in [1.807, 2.05) is 0 Å². The highest BCUT2D eigenvalue weighted by atomic mass is 32.2. The van der Waals surface area contributed by atoms with Crippen LogP contribution >= 0.6 is 22.7 Å². The monoisotopic (exact) mass is 348 g/mol. The number of aromatic nitrogens is 1. The van der Waals surface area contributed by atoms with Crippen molar-refractivity contribution in [3.8, 4) is 0 Å². The number of thiazole rings is 1. The Labute approximate surface area is 126 Å². The number of sulfonamides is 1. The van der Waals surface area contributed by atoms with Gasteiger partial charge in [0.05, 0.1) is 15.5 Å². The van der Waals surface area contributed by atoms with Gasteiger partial charge in [0.15, 0.2) is 9.34 Å². The largest absolute Gasteiger partial charge is 0.324 e. The summed E-state index contributed by atoms with van der Waals surface area (Å²) >= 11 is 1.42. The molecule has 0 fully saturated rings. The summed E-state index contributed by atoms with van der Waals surface area (Å²) in [5.74, 6) is -0.609. The molecule has 2 aromatic rings. The molecule has 0 aliphatic rings. The number of hydrogen-bond donors (Lipinski definition) is 2. The number of amides is 1. The summed E-state index contributed by atoms with van der Waals surface area (Å²) in [6, 6.07) is 2.52. The van der Waals surface area contributed by atoms with E-state index in [-0.39, 0.29) is 24.9 Å². The van der Waals surface area contributed by atoms with Crippen LogP contribution in [0.3, 0.4) is 0 Å². The molecular weight excluding hydrogens is 340 g/mol. The number of anilines is 1. The SMILES string of the molecule is Cc1nc(NC(=O)c2ccc([N+](=O)[O-])s2)sc1S(N)(=O)=O. The molecule has 0 bridgehead atoms. The molecule has 0 saturated carbocycles. The number of nitrogens with one attached hydrogen (secondary N) is 1. The third-order valence-electron chi connectivity index (χ3n) is 2.23. The Hall–Kier alpha value is -1.89. The molecule has 0 saturated heterocycles. The molecule has 0 aromatic carbocycles. The van der Waals surface area contributed by atoms with Crippen LogP contribution < -0.4 is 10.5 Å². The fraction of sp³-hybridized carbons (Fsp3) is 0.111. The highest BCUT2D eigenvalue weighted by Crippen LogP contribution is 2.28. The minimum Gasteiger partial charge on any atom is -0.297 e. The molecule has 3 N–H and O–H groups in total. The Morgan fingerprint density at radius 1 is 1.43 bits per heavy atom. The molecule has 2 heterocycles. The zero-order chi connectivity index (χ0) is 15.8. The van der Waals surface area contributed by atoms with E-state index in [1.54, 1.807) is 0 Å². The summed E-state index contributed by atoms with van der Waals surface area (Å²) in [5, 5.41) is 17.8. The third kappa shape index (κ3) is 3.41. The van der Waals surface area contributed by atoms with Crippen molar-refractivity contribution in [3.05, 3.63) is 32.8 Å². The van der Waals surface area contributed by atoms with Crippen molar-refractivity contribution in [2.24, 2.45) is 5.14 Å². The average molecular weight is 348 g/mol. The van der Waals surface area contributed by atoms with Gasteiger partial charge in [0, 0.05) is 6.07 Å². The number of nitrogens with zero attached hydrogens (tertiary/aromatic N) is 2. The van der Waals surface area contributed by atoms with Crippen LogP contribution in [0.1, 0.15) is 15.4 Å². The number of hydrogen-bond acceptors (Lipinski definition) is 8. The minimum atomic E-state index is -3.90. The molecule has 112 valence electrons. The number of primary sulfonamides is 1. The van der Waals surface area contributed by atoms with Crippen LogP contribution in [0.5, 0.6) is 0 Å². The van der Waals surface area contributed by atoms with Crippen LogP contribution in [0, 0.1) is 17.0 Å². The molecule has 1 amide bonds. The van der Waals surface area contributed by atoms with Crippen molar-refractivity contribution in [3.63, 3.8) is 0 Å². The number of aryl methyl sites for hydroxylation is 1. The fourth-order valence-corrected chi connectivity index (χ4v) is 3.98. The number of nitro groups is 1. The maximum Gasteiger partial charge on any atom is 0.324 e. The summed E-state index contributed by atoms with van der Waals surface area (Å²) in [5.41, 5.74) is 0.176. The van der Waals surface area contributed by atoms with Gasteiger partial charge in [-0.3, -0.25) is 20.2 Å². The molecule has 21 heavy (non-hydrogen) atoms. The Balaban J connectivity index is 2.22. The molecule has 0 unspecified atom stereocenters. The van der Waals surface area contributed by atoms with E-state index in [4.69, 9.17) is 5.14 Å². The lowest BCUT2D eigenvalue weighted by Gasteiger charge is -1.96. The number of carbonyl (C=O) groups excluding carboxylic acids is 1. The van der Waals surface area contributed by atoms with Gasteiger partial charge in [0.25, 0.3) is 5.91 Å². The van der Waals surface area contributed by atoms with Gasteiger partial charge in [-0.1, -0.05) is 22.7 Å². The Bertz CT molecular complexity index is 822. The van der Waals surface area contributed by atoms with Crippen molar-refractivity contribution >= 4 is 48.7 Å². The highest BCUT2D eigenvalue weighted by Gasteiger charge is 2.20. The molecule has 0 aliphatic carbocycles. The minimum absolute atomic E-state index is 0.0533. The van der Waals surface area contributed by atoms with E-state index < -0.39 is 20.9 Å². The van der Waals surface area contributed by atoms with E-state index in [2.05, 4.69) is 10.3 Å². The maximum atomic E-state index is 11.9. The van der Waals surface area contributed by atoms with Crippen molar-refractivity contribution < 1.29 is 18.1 Å². The van der Waals surface area contributed by atoms with Crippen molar-refractivity contribution in [1.29, 1.82) is 0 Å². The Morgan fingerprint density at radius 2 is 2.10 bits per heavy atom. The smallest absolute Gasteiger partial charge is 0.297 e. The van der Waals surface area contributed by atoms with Crippen LogP contribution in [-0.4, -0.2) is 24.2 Å². The second kappa shape index (κ2) is 5.48. The topological polar surface area (TPSA) is 145 Å².